The molecule has 3 heterocycles. The number of carbonyl (C=O) groups is 1. The van der Waals surface area contributed by atoms with Gasteiger partial charge in [0.25, 0.3) is 0 Å². The molecule has 7 heteroatoms. The van der Waals surface area contributed by atoms with Crippen molar-refractivity contribution in [1.29, 1.82) is 0 Å². The van der Waals surface area contributed by atoms with E-state index in [1.807, 2.05) is 61.7 Å². The molecule has 1 aliphatic rings. The van der Waals surface area contributed by atoms with Crippen molar-refractivity contribution in [3.63, 3.8) is 0 Å². The van der Waals surface area contributed by atoms with Gasteiger partial charge in [-0.25, -0.2) is 14.8 Å². The molecule has 1 fully saturated rings. The standard InChI is InChI=1S/C24H26N4O3/c1-19-5-10-22(26-18-19)27-13-15-28(16-14-27)24(29)31-21-8-6-20(7-9-21)11-17-30-23-4-2-3-12-25-23/h2-10,12,18H,11,13-17H2,1H3. The zero-order chi connectivity index (χ0) is 21.5. The summed E-state index contributed by atoms with van der Waals surface area (Å²) in [5.74, 6) is 2.11. The summed E-state index contributed by atoms with van der Waals surface area (Å²) in [6.07, 6.45) is 4.00. The molecule has 1 aromatic carbocycles. The fourth-order valence-corrected chi connectivity index (χ4v) is 3.36. The van der Waals surface area contributed by atoms with E-state index in [1.54, 1.807) is 11.1 Å². The lowest BCUT2D eigenvalue weighted by atomic mass is 10.1. The number of benzene rings is 1. The first kappa shape index (κ1) is 20.7. The van der Waals surface area contributed by atoms with Gasteiger partial charge in [0, 0.05) is 51.1 Å². The molecule has 3 aromatic rings. The van der Waals surface area contributed by atoms with Crippen LogP contribution in [0.1, 0.15) is 11.1 Å². The van der Waals surface area contributed by atoms with Gasteiger partial charge in [0.2, 0.25) is 5.88 Å². The summed E-state index contributed by atoms with van der Waals surface area (Å²) < 4.78 is 11.2. The molecule has 0 atom stereocenters. The Kier molecular flexibility index (Phi) is 6.62. The third kappa shape index (κ3) is 5.72. The average molecular weight is 418 g/mol. The minimum atomic E-state index is -0.317. The number of hydrogen-bond acceptors (Lipinski definition) is 6. The summed E-state index contributed by atoms with van der Waals surface area (Å²) in [5, 5.41) is 0. The molecule has 0 N–H and O–H groups in total. The Bertz CT molecular complexity index is 970. The van der Waals surface area contributed by atoms with Gasteiger partial charge < -0.3 is 19.3 Å². The highest BCUT2D eigenvalue weighted by atomic mass is 16.6. The highest BCUT2D eigenvalue weighted by molar-refractivity contribution is 5.71. The molecule has 1 aliphatic heterocycles. The van der Waals surface area contributed by atoms with Crippen LogP contribution in [0.15, 0.2) is 67.0 Å². The molecule has 0 radical (unpaired) electrons. The van der Waals surface area contributed by atoms with E-state index in [0.29, 0.717) is 31.3 Å². The Labute approximate surface area is 182 Å². The average Bonchev–Trinajstić information content (AvgIpc) is 2.81. The summed E-state index contributed by atoms with van der Waals surface area (Å²) in [6, 6.07) is 17.2. The third-order valence-corrected chi connectivity index (χ3v) is 5.16. The van der Waals surface area contributed by atoms with Gasteiger partial charge in [0.05, 0.1) is 6.61 Å². The number of carbonyl (C=O) groups excluding carboxylic acids is 1. The second-order valence-corrected chi connectivity index (χ2v) is 7.45. The maximum absolute atomic E-state index is 12.5. The van der Waals surface area contributed by atoms with Gasteiger partial charge in [0.15, 0.2) is 0 Å². The number of amides is 1. The Morgan fingerprint density at radius 2 is 1.77 bits per heavy atom. The van der Waals surface area contributed by atoms with E-state index >= 15 is 0 Å². The Morgan fingerprint density at radius 3 is 2.45 bits per heavy atom. The first-order chi connectivity index (χ1) is 15.2. The fraction of sp³-hybridized carbons (Fsp3) is 0.292. The zero-order valence-electron chi connectivity index (χ0n) is 17.6. The van der Waals surface area contributed by atoms with Crippen LogP contribution in [-0.2, 0) is 6.42 Å². The summed E-state index contributed by atoms with van der Waals surface area (Å²) in [6.45, 7) is 5.25. The lowest BCUT2D eigenvalue weighted by Gasteiger charge is -2.34. The van der Waals surface area contributed by atoms with Gasteiger partial charge in [-0.15, -0.1) is 0 Å². The van der Waals surface area contributed by atoms with Gasteiger partial charge in [-0.1, -0.05) is 24.3 Å². The minimum absolute atomic E-state index is 0.317. The second-order valence-electron chi connectivity index (χ2n) is 7.45. The number of anilines is 1. The van der Waals surface area contributed by atoms with E-state index in [9.17, 15) is 4.79 Å². The molecule has 2 aromatic heterocycles. The van der Waals surface area contributed by atoms with E-state index < -0.39 is 0 Å². The van der Waals surface area contributed by atoms with E-state index in [1.165, 1.54) is 0 Å². The number of rotatable bonds is 6. The van der Waals surface area contributed by atoms with E-state index in [-0.39, 0.29) is 6.09 Å². The van der Waals surface area contributed by atoms with Crippen LogP contribution in [0.25, 0.3) is 0 Å². The quantitative estimate of drug-likeness (QED) is 0.608. The number of nitrogens with zero attached hydrogens (tertiary/aromatic N) is 4. The molecule has 0 bridgehead atoms. The fourth-order valence-electron chi connectivity index (χ4n) is 3.36. The molecule has 0 unspecified atom stereocenters. The second kappa shape index (κ2) is 9.93. The van der Waals surface area contributed by atoms with Crippen LogP contribution in [0.2, 0.25) is 0 Å². The number of piperazine rings is 1. The van der Waals surface area contributed by atoms with Gasteiger partial charge in [-0.05, 0) is 42.3 Å². The smallest absolute Gasteiger partial charge is 0.415 e. The normalized spacial score (nSPS) is 13.7. The van der Waals surface area contributed by atoms with Crippen LogP contribution in [0.3, 0.4) is 0 Å². The van der Waals surface area contributed by atoms with Gasteiger partial charge in [-0.2, -0.15) is 0 Å². The number of ether oxygens (including phenoxy) is 2. The molecular formula is C24H26N4O3. The van der Waals surface area contributed by atoms with Crippen molar-refractivity contribution < 1.29 is 14.3 Å². The first-order valence-corrected chi connectivity index (χ1v) is 10.4. The number of aryl methyl sites for hydroxylation is 1. The van der Waals surface area contributed by atoms with E-state index in [4.69, 9.17) is 9.47 Å². The number of hydrogen-bond donors (Lipinski definition) is 0. The summed E-state index contributed by atoms with van der Waals surface area (Å²) in [4.78, 5) is 25.0. The molecule has 1 saturated heterocycles. The molecule has 160 valence electrons. The van der Waals surface area contributed by atoms with Gasteiger partial charge in [-0.3, -0.25) is 0 Å². The first-order valence-electron chi connectivity index (χ1n) is 10.4. The summed E-state index contributed by atoms with van der Waals surface area (Å²) in [5.41, 5.74) is 2.24. The molecule has 0 saturated carbocycles. The maximum Gasteiger partial charge on any atom is 0.415 e. The Hall–Kier alpha value is -3.61. The van der Waals surface area contributed by atoms with Crippen molar-refractivity contribution in [2.45, 2.75) is 13.3 Å². The van der Waals surface area contributed by atoms with Crippen LogP contribution in [-0.4, -0.2) is 53.7 Å². The predicted octanol–water partition coefficient (Wildman–Crippen LogP) is 3.73. The van der Waals surface area contributed by atoms with Crippen LogP contribution in [0.5, 0.6) is 11.6 Å². The van der Waals surface area contributed by atoms with Gasteiger partial charge >= 0.3 is 6.09 Å². The molecule has 7 nitrogen and oxygen atoms in total. The molecule has 0 spiro atoms. The summed E-state index contributed by atoms with van der Waals surface area (Å²) >= 11 is 0. The molecule has 0 aliphatic carbocycles. The van der Waals surface area contributed by atoms with Crippen LogP contribution in [0.4, 0.5) is 10.6 Å². The monoisotopic (exact) mass is 418 g/mol. The number of aromatic nitrogens is 2. The number of pyridine rings is 2. The molecule has 1 amide bonds. The van der Waals surface area contributed by atoms with Crippen molar-refractivity contribution in [3.8, 4) is 11.6 Å². The van der Waals surface area contributed by atoms with Crippen LogP contribution in [0, 0.1) is 6.92 Å². The lowest BCUT2D eigenvalue weighted by Crippen LogP contribution is -2.49. The SMILES string of the molecule is Cc1ccc(N2CCN(C(=O)Oc3ccc(CCOc4ccccn4)cc3)CC2)nc1. The minimum Gasteiger partial charge on any atom is -0.477 e. The van der Waals surface area contributed by atoms with Crippen molar-refractivity contribution in [3.05, 3.63) is 78.1 Å². The van der Waals surface area contributed by atoms with E-state index in [2.05, 4.69) is 20.9 Å². The van der Waals surface area contributed by atoms with Crippen molar-refractivity contribution >= 4 is 11.9 Å². The van der Waals surface area contributed by atoms with Crippen molar-refractivity contribution in [2.75, 3.05) is 37.7 Å². The van der Waals surface area contributed by atoms with E-state index in [0.717, 1.165) is 36.5 Å². The van der Waals surface area contributed by atoms with Gasteiger partial charge in [0.1, 0.15) is 11.6 Å². The highest BCUT2D eigenvalue weighted by Crippen LogP contribution is 2.17. The van der Waals surface area contributed by atoms with Crippen molar-refractivity contribution in [1.82, 2.24) is 14.9 Å². The maximum atomic E-state index is 12.5. The Morgan fingerprint density at radius 1 is 0.968 bits per heavy atom. The largest absolute Gasteiger partial charge is 0.477 e. The zero-order valence-corrected chi connectivity index (χ0v) is 17.6. The Balaban J connectivity index is 1.22. The summed E-state index contributed by atoms with van der Waals surface area (Å²) in [7, 11) is 0. The lowest BCUT2D eigenvalue weighted by molar-refractivity contribution is 0.149. The van der Waals surface area contributed by atoms with Crippen LogP contribution < -0.4 is 14.4 Å². The third-order valence-electron chi connectivity index (χ3n) is 5.16. The highest BCUT2D eigenvalue weighted by Gasteiger charge is 2.23. The van der Waals surface area contributed by atoms with Crippen molar-refractivity contribution in [2.24, 2.45) is 0 Å². The predicted molar refractivity (Wildman–Crippen MR) is 119 cm³/mol. The van der Waals surface area contributed by atoms with Crippen LogP contribution >= 0.6 is 0 Å². The molecule has 31 heavy (non-hydrogen) atoms. The topological polar surface area (TPSA) is 67.8 Å². The molecule has 4 rings (SSSR count). The molecular weight excluding hydrogens is 392 g/mol.